The van der Waals surface area contributed by atoms with Crippen LogP contribution in [0.3, 0.4) is 0 Å². The number of aliphatic hydroxyl groups is 1. The predicted octanol–water partition coefficient (Wildman–Crippen LogP) is 2.33. The standard InChI is InChI=1S/C16H35NO3S/c1-5-7-8-15(6-2)12-20-13-16(18)11-17-14(3)9-10-21(4)19/h14-18H,5-13H2,1-4H3. The van der Waals surface area contributed by atoms with E-state index in [4.69, 9.17) is 4.74 Å². The molecule has 0 fully saturated rings. The highest BCUT2D eigenvalue weighted by Gasteiger charge is 2.10. The van der Waals surface area contributed by atoms with Crippen molar-refractivity contribution in [2.24, 2.45) is 5.92 Å². The number of rotatable bonds is 14. The summed E-state index contributed by atoms with van der Waals surface area (Å²) in [7, 11) is -0.742. The summed E-state index contributed by atoms with van der Waals surface area (Å²) in [5.41, 5.74) is 0. The van der Waals surface area contributed by atoms with Gasteiger partial charge in [-0.15, -0.1) is 0 Å². The Labute approximate surface area is 133 Å². The van der Waals surface area contributed by atoms with E-state index < -0.39 is 16.9 Å². The van der Waals surface area contributed by atoms with Gasteiger partial charge in [0.25, 0.3) is 0 Å². The van der Waals surface area contributed by atoms with E-state index in [0.717, 1.165) is 19.4 Å². The van der Waals surface area contributed by atoms with E-state index >= 15 is 0 Å². The highest BCUT2D eigenvalue weighted by Crippen LogP contribution is 2.12. The van der Waals surface area contributed by atoms with E-state index in [1.165, 1.54) is 19.3 Å². The van der Waals surface area contributed by atoms with Gasteiger partial charge in [0.2, 0.25) is 0 Å². The third kappa shape index (κ3) is 13.4. The highest BCUT2D eigenvalue weighted by atomic mass is 32.2. The average molecular weight is 322 g/mol. The third-order valence-corrected chi connectivity index (χ3v) is 4.56. The molecule has 0 aliphatic heterocycles. The lowest BCUT2D eigenvalue weighted by Crippen LogP contribution is -2.36. The molecule has 5 heteroatoms. The summed E-state index contributed by atoms with van der Waals surface area (Å²) in [6.45, 7) is 8.13. The summed E-state index contributed by atoms with van der Waals surface area (Å²) in [6.07, 6.45) is 6.95. The van der Waals surface area contributed by atoms with Crippen LogP contribution in [0.15, 0.2) is 0 Å². The minimum Gasteiger partial charge on any atom is -0.389 e. The Hall–Kier alpha value is 0.0300. The molecule has 2 N–H and O–H groups in total. The molecule has 4 atom stereocenters. The zero-order chi connectivity index (χ0) is 16.1. The van der Waals surface area contributed by atoms with Crippen LogP contribution in [-0.4, -0.2) is 53.2 Å². The van der Waals surface area contributed by atoms with Gasteiger partial charge in [0.05, 0.1) is 12.7 Å². The third-order valence-electron chi connectivity index (χ3n) is 3.75. The maximum absolute atomic E-state index is 11.0. The van der Waals surface area contributed by atoms with E-state index in [9.17, 15) is 9.32 Å². The van der Waals surface area contributed by atoms with Gasteiger partial charge in [-0.25, -0.2) is 0 Å². The molecule has 0 aromatic rings. The predicted molar refractivity (Wildman–Crippen MR) is 91.1 cm³/mol. The van der Waals surface area contributed by atoms with E-state index in [1.807, 2.05) is 0 Å². The van der Waals surface area contributed by atoms with Crippen molar-refractivity contribution in [3.8, 4) is 0 Å². The molecule has 0 radical (unpaired) electrons. The molecule has 0 rings (SSSR count). The van der Waals surface area contributed by atoms with Gasteiger partial charge in [0.15, 0.2) is 0 Å². The van der Waals surface area contributed by atoms with Crippen molar-refractivity contribution in [1.29, 1.82) is 0 Å². The summed E-state index contributed by atoms with van der Waals surface area (Å²) >= 11 is 0. The van der Waals surface area contributed by atoms with Gasteiger partial charge in [-0.1, -0.05) is 33.1 Å². The zero-order valence-corrected chi connectivity index (χ0v) is 15.1. The summed E-state index contributed by atoms with van der Waals surface area (Å²) in [5.74, 6) is 1.32. The topological polar surface area (TPSA) is 58.6 Å². The molecule has 0 aliphatic carbocycles. The first-order valence-electron chi connectivity index (χ1n) is 8.28. The van der Waals surface area contributed by atoms with Gasteiger partial charge < -0.3 is 15.2 Å². The van der Waals surface area contributed by atoms with E-state index in [1.54, 1.807) is 6.26 Å². The van der Waals surface area contributed by atoms with Crippen LogP contribution >= 0.6 is 0 Å². The minimum absolute atomic E-state index is 0.275. The molecule has 21 heavy (non-hydrogen) atoms. The van der Waals surface area contributed by atoms with Crippen molar-refractivity contribution < 1.29 is 14.1 Å². The number of ether oxygens (including phenoxy) is 1. The van der Waals surface area contributed by atoms with Crippen molar-refractivity contribution in [1.82, 2.24) is 5.32 Å². The van der Waals surface area contributed by atoms with Gasteiger partial charge in [-0.3, -0.25) is 4.21 Å². The normalized spacial score (nSPS) is 17.4. The highest BCUT2D eigenvalue weighted by molar-refractivity contribution is 7.84. The second kappa shape index (κ2) is 13.7. The van der Waals surface area contributed by atoms with Crippen molar-refractivity contribution >= 4 is 10.8 Å². The quantitative estimate of drug-likeness (QED) is 0.515. The Morgan fingerprint density at radius 1 is 1.24 bits per heavy atom. The van der Waals surface area contributed by atoms with Crippen LogP contribution in [0.1, 0.15) is 52.9 Å². The van der Waals surface area contributed by atoms with Crippen LogP contribution in [-0.2, 0) is 15.5 Å². The molecule has 128 valence electrons. The van der Waals surface area contributed by atoms with Gasteiger partial charge >= 0.3 is 0 Å². The minimum atomic E-state index is -0.742. The summed E-state index contributed by atoms with van der Waals surface area (Å²) < 4.78 is 16.6. The Bertz CT molecular complexity index is 264. The lowest BCUT2D eigenvalue weighted by Gasteiger charge is -2.19. The molecule has 4 unspecified atom stereocenters. The van der Waals surface area contributed by atoms with Gasteiger partial charge in [-0.2, -0.15) is 0 Å². The smallest absolute Gasteiger partial charge is 0.0897 e. The molecule has 0 aliphatic rings. The zero-order valence-electron chi connectivity index (χ0n) is 14.3. The summed E-state index contributed by atoms with van der Waals surface area (Å²) in [4.78, 5) is 0. The lowest BCUT2D eigenvalue weighted by molar-refractivity contribution is 0.0184. The Morgan fingerprint density at radius 3 is 2.52 bits per heavy atom. The first-order valence-corrected chi connectivity index (χ1v) is 10.0. The fourth-order valence-corrected chi connectivity index (χ4v) is 2.80. The molecule has 0 bridgehead atoms. The molecular weight excluding hydrogens is 286 g/mol. The summed E-state index contributed by atoms with van der Waals surface area (Å²) in [5, 5.41) is 13.1. The number of aliphatic hydroxyl groups excluding tert-OH is 1. The molecule has 0 saturated carbocycles. The van der Waals surface area contributed by atoms with Gasteiger partial charge in [0.1, 0.15) is 0 Å². The fraction of sp³-hybridized carbons (Fsp3) is 1.00. The van der Waals surface area contributed by atoms with Crippen LogP contribution < -0.4 is 5.32 Å². The van der Waals surface area contributed by atoms with Crippen molar-refractivity contribution in [3.05, 3.63) is 0 Å². The Morgan fingerprint density at radius 2 is 1.95 bits per heavy atom. The van der Waals surface area contributed by atoms with Crippen LogP contribution in [0.4, 0.5) is 0 Å². The van der Waals surface area contributed by atoms with Gasteiger partial charge in [-0.05, 0) is 25.7 Å². The number of hydrogen-bond donors (Lipinski definition) is 2. The average Bonchev–Trinajstić information content (AvgIpc) is 2.46. The number of nitrogens with one attached hydrogen (secondary N) is 1. The maximum Gasteiger partial charge on any atom is 0.0897 e. The first-order chi connectivity index (χ1) is 9.99. The maximum atomic E-state index is 11.0. The summed E-state index contributed by atoms with van der Waals surface area (Å²) in [6, 6.07) is 0.275. The van der Waals surface area contributed by atoms with Crippen LogP contribution in [0, 0.1) is 5.92 Å². The lowest BCUT2D eigenvalue weighted by atomic mass is 10.0. The molecule has 4 nitrogen and oxygen atoms in total. The van der Waals surface area contributed by atoms with Gasteiger partial charge in [0, 0.05) is 42.0 Å². The van der Waals surface area contributed by atoms with Crippen molar-refractivity contribution in [2.45, 2.75) is 65.0 Å². The SMILES string of the molecule is CCCCC(CC)COCC(O)CNC(C)CCS(C)=O. The Kier molecular flexibility index (Phi) is 13.7. The van der Waals surface area contributed by atoms with Crippen LogP contribution in [0.2, 0.25) is 0 Å². The van der Waals surface area contributed by atoms with Crippen LogP contribution in [0.5, 0.6) is 0 Å². The van der Waals surface area contributed by atoms with Crippen molar-refractivity contribution in [2.75, 3.05) is 31.8 Å². The second-order valence-corrected chi connectivity index (χ2v) is 7.54. The first kappa shape index (κ1) is 21.0. The van der Waals surface area contributed by atoms with E-state index in [2.05, 4.69) is 26.1 Å². The number of unbranched alkanes of at least 4 members (excludes halogenated alkanes) is 1. The van der Waals surface area contributed by atoms with Crippen molar-refractivity contribution in [3.63, 3.8) is 0 Å². The number of hydrogen-bond acceptors (Lipinski definition) is 4. The largest absolute Gasteiger partial charge is 0.389 e. The molecular formula is C16H35NO3S. The molecule has 0 saturated heterocycles. The van der Waals surface area contributed by atoms with E-state index in [-0.39, 0.29) is 6.04 Å². The Balaban J connectivity index is 3.64. The fourth-order valence-electron chi connectivity index (χ4n) is 2.11. The molecule has 0 amide bonds. The molecule has 0 heterocycles. The monoisotopic (exact) mass is 321 g/mol. The molecule has 0 aromatic heterocycles. The van der Waals surface area contributed by atoms with Crippen LogP contribution in [0.25, 0.3) is 0 Å². The van der Waals surface area contributed by atoms with E-state index in [0.29, 0.717) is 24.8 Å². The molecule has 0 spiro atoms. The molecule has 0 aromatic carbocycles. The second-order valence-electron chi connectivity index (χ2n) is 5.98.